The molecule has 6 heteroatoms. The molecule has 0 aromatic rings. The summed E-state index contributed by atoms with van der Waals surface area (Å²) in [7, 11) is 1.52. The molecule has 2 amide bonds. The monoisotopic (exact) mass is 269 g/mol. The molecule has 0 bridgehead atoms. The van der Waals surface area contributed by atoms with Gasteiger partial charge in [0.05, 0.1) is 5.92 Å². The number of nitrogens with one attached hydrogen (secondary N) is 1. The van der Waals surface area contributed by atoms with Crippen LogP contribution in [0.3, 0.4) is 0 Å². The van der Waals surface area contributed by atoms with Crippen molar-refractivity contribution < 1.29 is 14.3 Å². The minimum absolute atomic E-state index is 0.00509. The van der Waals surface area contributed by atoms with E-state index in [-0.39, 0.29) is 24.3 Å². The minimum Gasteiger partial charge on any atom is -0.375 e. The first kappa shape index (κ1) is 14.3. The van der Waals surface area contributed by atoms with Gasteiger partial charge in [0.2, 0.25) is 11.8 Å². The highest BCUT2D eigenvalue weighted by Gasteiger charge is 2.34. The van der Waals surface area contributed by atoms with Crippen LogP contribution in [-0.2, 0) is 14.3 Å². The first-order valence-electron chi connectivity index (χ1n) is 6.89. The van der Waals surface area contributed by atoms with E-state index in [9.17, 15) is 9.59 Å². The number of nitrogens with zero attached hydrogens (tertiary/aromatic N) is 2. The van der Waals surface area contributed by atoms with Crippen LogP contribution in [0.2, 0.25) is 0 Å². The summed E-state index contributed by atoms with van der Waals surface area (Å²) in [6, 6.07) is 0. The Morgan fingerprint density at radius 2 is 1.79 bits per heavy atom. The van der Waals surface area contributed by atoms with Crippen molar-refractivity contribution in [1.82, 2.24) is 15.1 Å². The first-order valence-corrected chi connectivity index (χ1v) is 6.89. The summed E-state index contributed by atoms with van der Waals surface area (Å²) < 4.78 is 4.85. The van der Waals surface area contributed by atoms with Gasteiger partial charge in [0.25, 0.3) is 0 Å². The maximum atomic E-state index is 12.4. The molecule has 2 aliphatic rings. The van der Waals surface area contributed by atoms with Crippen molar-refractivity contribution in [3.63, 3.8) is 0 Å². The Morgan fingerprint density at radius 1 is 1.16 bits per heavy atom. The third kappa shape index (κ3) is 3.25. The van der Waals surface area contributed by atoms with Crippen LogP contribution in [0.5, 0.6) is 0 Å². The second kappa shape index (κ2) is 6.34. The smallest absolute Gasteiger partial charge is 0.248 e. The van der Waals surface area contributed by atoms with Crippen molar-refractivity contribution in [1.29, 1.82) is 0 Å². The van der Waals surface area contributed by atoms with E-state index in [1.54, 1.807) is 4.90 Å². The molecule has 2 aliphatic heterocycles. The molecule has 0 aromatic carbocycles. The lowest BCUT2D eigenvalue weighted by molar-refractivity contribution is -0.144. The molecule has 0 spiro atoms. The summed E-state index contributed by atoms with van der Waals surface area (Å²) in [4.78, 5) is 27.7. The SMILES string of the molecule is COCC(=O)N1CCN(C(=O)C2CNCC2C)CC1. The van der Waals surface area contributed by atoms with Crippen LogP contribution in [0.15, 0.2) is 0 Å². The largest absolute Gasteiger partial charge is 0.375 e. The number of hydrogen-bond acceptors (Lipinski definition) is 4. The predicted octanol–water partition coefficient (Wildman–Crippen LogP) is -0.841. The van der Waals surface area contributed by atoms with E-state index in [1.807, 2.05) is 4.90 Å². The summed E-state index contributed by atoms with van der Waals surface area (Å²) >= 11 is 0. The van der Waals surface area contributed by atoms with Gasteiger partial charge in [-0.25, -0.2) is 0 Å². The van der Waals surface area contributed by atoms with E-state index in [0.29, 0.717) is 32.1 Å². The summed E-state index contributed by atoms with van der Waals surface area (Å²) in [6.45, 7) is 6.43. The van der Waals surface area contributed by atoms with Crippen LogP contribution in [0.4, 0.5) is 0 Å². The molecule has 19 heavy (non-hydrogen) atoms. The number of piperazine rings is 1. The van der Waals surface area contributed by atoms with Gasteiger partial charge in [-0.05, 0) is 12.5 Å². The van der Waals surface area contributed by atoms with Crippen LogP contribution >= 0.6 is 0 Å². The Hall–Kier alpha value is -1.14. The van der Waals surface area contributed by atoms with Gasteiger partial charge in [-0.2, -0.15) is 0 Å². The molecule has 0 aromatic heterocycles. The van der Waals surface area contributed by atoms with Crippen molar-refractivity contribution in [2.24, 2.45) is 11.8 Å². The Labute approximate surface area is 114 Å². The zero-order valence-corrected chi connectivity index (χ0v) is 11.7. The molecule has 0 aliphatic carbocycles. The Morgan fingerprint density at radius 3 is 2.32 bits per heavy atom. The van der Waals surface area contributed by atoms with Crippen molar-refractivity contribution in [2.75, 3.05) is 53.0 Å². The Kier molecular flexibility index (Phi) is 4.76. The van der Waals surface area contributed by atoms with E-state index in [2.05, 4.69) is 12.2 Å². The number of methoxy groups -OCH3 is 1. The zero-order valence-electron chi connectivity index (χ0n) is 11.7. The third-order valence-corrected chi connectivity index (χ3v) is 4.05. The molecule has 1 N–H and O–H groups in total. The zero-order chi connectivity index (χ0) is 13.8. The molecule has 2 atom stereocenters. The number of amides is 2. The van der Waals surface area contributed by atoms with Gasteiger partial charge < -0.3 is 19.9 Å². The van der Waals surface area contributed by atoms with Gasteiger partial charge in [0.1, 0.15) is 6.61 Å². The average molecular weight is 269 g/mol. The topological polar surface area (TPSA) is 61.9 Å². The van der Waals surface area contributed by atoms with Gasteiger partial charge in [-0.3, -0.25) is 9.59 Å². The lowest BCUT2D eigenvalue weighted by Gasteiger charge is -2.36. The van der Waals surface area contributed by atoms with Gasteiger partial charge in [0.15, 0.2) is 0 Å². The molecular weight excluding hydrogens is 246 g/mol. The van der Waals surface area contributed by atoms with Gasteiger partial charge in [-0.15, -0.1) is 0 Å². The molecule has 108 valence electrons. The molecule has 0 saturated carbocycles. The highest BCUT2D eigenvalue weighted by molar-refractivity contribution is 5.81. The standard InChI is InChI=1S/C13H23N3O3/c1-10-7-14-8-11(10)13(18)16-5-3-15(4-6-16)12(17)9-19-2/h10-11,14H,3-9H2,1-2H3. The van der Waals surface area contributed by atoms with E-state index in [4.69, 9.17) is 4.74 Å². The number of rotatable bonds is 3. The second-order valence-electron chi connectivity index (χ2n) is 5.38. The molecule has 2 fully saturated rings. The summed E-state index contributed by atoms with van der Waals surface area (Å²) in [5.41, 5.74) is 0. The maximum absolute atomic E-state index is 12.4. The molecule has 6 nitrogen and oxygen atoms in total. The average Bonchev–Trinajstić information content (AvgIpc) is 2.84. The van der Waals surface area contributed by atoms with Crippen molar-refractivity contribution in [2.45, 2.75) is 6.92 Å². The number of hydrogen-bond donors (Lipinski definition) is 1. The van der Waals surface area contributed by atoms with Crippen LogP contribution < -0.4 is 5.32 Å². The van der Waals surface area contributed by atoms with Crippen LogP contribution in [-0.4, -0.2) is 74.6 Å². The molecule has 2 saturated heterocycles. The van der Waals surface area contributed by atoms with Gasteiger partial charge in [0, 0.05) is 39.8 Å². The van der Waals surface area contributed by atoms with Crippen LogP contribution in [0.1, 0.15) is 6.92 Å². The van der Waals surface area contributed by atoms with Crippen LogP contribution in [0, 0.1) is 11.8 Å². The van der Waals surface area contributed by atoms with Gasteiger partial charge in [-0.1, -0.05) is 6.92 Å². The maximum Gasteiger partial charge on any atom is 0.248 e. The molecule has 2 heterocycles. The fourth-order valence-electron chi connectivity index (χ4n) is 2.77. The quantitative estimate of drug-likeness (QED) is 0.726. The normalized spacial score (nSPS) is 27.7. The third-order valence-electron chi connectivity index (χ3n) is 4.05. The fraction of sp³-hybridized carbons (Fsp3) is 0.846. The highest BCUT2D eigenvalue weighted by Crippen LogP contribution is 2.19. The number of carbonyl (C=O) groups is 2. The minimum atomic E-state index is 0.00509. The van der Waals surface area contributed by atoms with E-state index >= 15 is 0 Å². The second-order valence-corrected chi connectivity index (χ2v) is 5.38. The Bertz CT molecular complexity index is 340. The van der Waals surface area contributed by atoms with Gasteiger partial charge >= 0.3 is 0 Å². The number of carbonyl (C=O) groups excluding carboxylic acids is 2. The van der Waals surface area contributed by atoms with E-state index < -0.39 is 0 Å². The molecule has 2 rings (SSSR count). The lowest BCUT2D eigenvalue weighted by Crippen LogP contribution is -2.53. The predicted molar refractivity (Wildman–Crippen MR) is 70.6 cm³/mol. The molecule has 0 radical (unpaired) electrons. The molecule has 2 unspecified atom stereocenters. The summed E-state index contributed by atoms with van der Waals surface area (Å²) in [6.07, 6.45) is 0. The summed E-state index contributed by atoms with van der Waals surface area (Å²) in [5.74, 6) is 0.740. The number of ether oxygens (including phenoxy) is 1. The van der Waals surface area contributed by atoms with Crippen molar-refractivity contribution in [3.05, 3.63) is 0 Å². The summed E-state index contributed by atoms with van der Waals surface area (Å²) in [5, 5.41) is 3.26. The van der Waals surface area contributed by atoms with E-state index in [0.717, 1.165) is 13.1 Å². The van der Waals surface area contributed by atoms with E-state index in [1.165, 1.54) is 7.11 Å². The molecular formula is C13H23N3O3. The van der Waals surface area contributed by atoms with Crippen molar-refractivity contribution >= 4 is 11.8 Å². The Balaban J connectivity index is 1.82. The van der Waals surface area contributed by atoms with Crippen LogP contribution in [0.25, 0.3) is 0 Å². The first-order chi connectivity index (χ1) is 9.13. The van der Waals surface area contributed by atoms with Crippen molar-refractivity contribution in [3.8, 4) is 0 Å². The highest BCUT2D eigenvalue weighted by atomic mass is 16.5. The lowest BCUT2D eigenvalue weighted by atomic mass is 9.96. The fourth-order valence-corrected chi connectivity index (χ4v) is 2.77.